The summed E-state index contributed by atoms with van der Waals surface area (Å²) in [6.07, 6.45) is 0.954. The summed E-state index contributed by atoms with van der Waals surface area (Å²) in [5, 5.41) is 0.994. The number of hydrogen-bond acceptors (Lipinski definition) is 2. The second kappa shape index (κ2) is 7.24. The van der Waals surface area contributed by atoms with Crippen LogP contribution in [-0.4, -0.2) is 27.8 Å². The first-order chi connectivity index (χ1) is 11.5. The van der Waals surface area contributed by atoms with E-state index >= 15 is 0 Å². The molecular weight excluding hydrogens is 345 g/mol. The van der Waals surface area contributed by atoms with Crippen LogP contribution in [0.25, 0.3) is 11.0 Å². The molecule has 4 nitrogen and oxygen atoms in total. The van der Waals surface area contributed by atoms with Gasteiger partial charge in [-0.3, -0.25) is 4.79 Å². The summed E-state index contributed by atoms with van der Waals surface area (Å²) < 4.78 is 0. The minimum absolute atomic E-state index is 0.0338. The van der Waals surface area contributed by atoms with Gasteiger partial charge in [0.2, 0.25) is 5.91 Å². The summed E-state index contributed by atoms with van der Waals surface area (Å²) in [6.45, 7) is 0.429. The molecule has 0 fully saturated rings. The fourth-order valence-electron chi connectivity index (χ4n) is 2.55. The molecule has 3 aromatic rings. The van der Waals surface area contributed by atoms with E-state index in [1.54, 1.807) is 18.0 Å². The molecule has 1 aromatic heterocycles. The average Bonchev–Trinajstić information content (AvgIpc) is 2.99. The van der Waals surface area contributed by atoms with Crippen LogP contribution in [0, 0.1) is 0 Å². The number of benzene rings is 2. The number of nitrogens with zero attached hydrogens (tertiary/aromatic N) is 2. The molecule has 0 radical (unpaired) electrons. The number of para-hydroxylation sites is 2. The van der Waals surface area contributed by atoms with Crippen molar-refractivity contribution in [3.63, 3.8) is 0 Å². The molecule has 1 N–H and O–H groups in total. The highest BCUT2D eigenvalue weighted by atomic mass is 35.5. The standard InChI is InChI=1S/C18H17Cl2N3O/c1-23(11-12-5-4-6-13(19)18(12)20)17(24)10-9-16-21-14-7-2-3-8-15(14)22-16/h2-8H,9-11H2,1H3,(H,21,22). The van der Waals surface area contributed by atoms with E-state index in [4.69, 9.17) is 23.2 Å². The van der Waals surface area contributed by atoms with E-state index in [1.807, 2.05) is 36.4 Å². The number of imidazole rings is 1. The van der Waals surface area contributed by atoms with Crippen LogP contribution < -0.4 is 0 Å². The fraction of sp³-hybridized carbons (Fsp3) is 0.222. The van der Waals surface area contributed by atoms with Crippen molar-refractivity contribution in [3.05, 3.63) is 63.9 Å². The van der Waals surface area contributed by atoms with Crippen LogP contribution >= 0.6 is 23.2 Å². The number of aryl methyl sites for hydroxylation is 1. The molecular formula is C18H17Cl2N3O. The molecule has 0 bridgehead atoms. The summed E-state index contributed by atoms with van der Waals surface area (Å²) in [6, 6.07) is 13.3. The van der Waals surface area contributed by atoms with Gasteiger partial charge in [-0.15, -0.1) is 0 Å². The van der Waals surface area contributed by atoms with Crippen molar-refractivity contribution in [2.24, 2.45) is 0 Å². The predicted molar refractivity (Wildman–Crippen MR) is 97.4 cm³/mol. The smallest absolute Gasteiger partial charge is 0.223 e. The maximum absolute atomic E-state index is 12.3. The molecule has 6 heteroatoms. The van der Waals surface area contributed by atoms with Crippen molar-refractivity contribution in [3.8, 4) is 0 Å². The lowest BCUT2D eigenvalue weighted by Gasteiger charge is -2.18. The summed E-state index contributed by atoms with van der Waals surface area (Å²) >= 11 is 12.2. The first kappa shape index (κ1) is 16.8. The highest BCUT2D eigenvalue weighted by Gasteiger charge is 2.13. The third kappa shape index (κ3) is 3.71. The van der Waals surface area contributed by atoms with Crippen LogP contribution in [0.2, 0.25) is 10.0 Å². The zero-order chi connectivity index (χ0) is 17.1. The Labute approximate surface area is 150 Å². The molecule has 0 saturated heterocycles. The van der Waals surface area contributed by atoms with E-state index in [1.165, 1.54) is 0 Å². The van der Waals surface area contributed by atoms with E-state index in [0.29, 0.717) is 29.4 Å². The number of carbonyl (C=O) groups is 1. The number of fused-ring (bicyclic) bond motifs is 1. The first-order valence-electron chi connectivity index (χ1n) is 7.65. The second-order valence-electron chi connectivity index (χ2n) is 5.66. The molecule has 0 spiro atoms. The molecule has 24 heavy (non-hydrogen) atoms. The lowest BCUT2D eigenvalue weighted by molar-refractivity contribution is -0.130. The van der Waals surface area contributed by atoms with Crippen molar-refractivity contribution in [2.75, 3.05) is 7.05 Å². The summed E-state index contributed by atoms with van der Waals surface area (Å²) in [4.78, 5) is 21.7. The van der Waals surface area contributed by atoms with E-state index in [9.17, 15) is 4.79 Å². The predicted octanol–water partition coefficient (Wildman–Crippen LogP) is 4.46. The maximum atomic E-state index is 12.3. The van der Waals surface area contributed by atoms with Gasteiger partial charge in [-0.2, -0.15) is 0 Å². The first-order valence-corrected chi connectivity index (χ1v) is 8.40. The molecule has 2 aromatic carbocycles. The Hall–Kier alpha value is -2.04. The average molecular weight is 362 g/mol. The molecule has 124 valence electrons. The Morgan fingerprint density at radius 2 is 1.96 bits per heavy atom. The van der Waals surface area contributed by atoms with Crippen LogP contribution in [-0.2, 0) is 17.8 Å². The van der Waals surface area contributed by atoms with Gasteiger partial charge in [0.15, 0.2) is 0 Å². The number of amides is 1. The van der Waals surface area contributed by atoms with Crippen LogP contribution in [0.3, 0.4) is 0 Å². The quantitative estimate of drug-likeness (QED) is 0.729. The van der Waals surface area contributed by atoms with E-state index in [0.717, 1.165) is 22.4 Å². The highest BCUT2D eigenvalue weighted by molar-refractivity contribution is 6.42. The van der Waals surface area contributed by atoms with E-state index in [-0.39, 0.29) is 5.91 Å². The Kier molecular flexibility index (Phi) is 5.07. The molecule has 0 atom stereocenters. The monoisotopic (exact) mass is 361 g/mol. The molecule has 1 heterocycles. The molecule has 0 unspecified atom stereocenters. The topological polar surface area (TPSA) is 49.0 Å². The van der Waals surface area contributed by atoms with Crippen molar-refractivity contribution in [1.82, 2.24) is 14.9 Å². The zero-order valence-electron chi connectivity index (χ0n) is 13.2. The van der Waals surface area contributed by atoms with Gasteiger partial charge in [-0.25, -0.2) is 4.98 Å². The van der Waals surface area contributed by atoms with Gasteiger partial charge < -0.3 is 9.88 Å². The van der Waals surface area contributed by atoms with Gasteiger partial charge in [0.05, 0.1) is 21.1 Å². The number of halogens is 2. The van der Waals surface area contributed by atoms with Crippen LogP contribution in [0.5, 0.6) is 0 Å². The fourth-order valence-corrected chi connectivity index (χ4v) is 2.93. The lowest BCUT2D eigenvalue weighted by atomic mass is 10.2. The van der Waals surface area contributed by atoms with Crippen molar-refractivity contribution in [1.29, 1.82) is 0 Å². The van der Waals surface area contributed by atoms with Crippen LogP contribution in [0.15, 0.2) is 42.5 Å². The van der Waals surface area contributed by atoms with Crippen molar-refractivity contribution in [2.45, 2.75) is 19.4 Å². The van der Waals surface area contributed by atoms with Crippen LogP contribution in [0.4, 0.5) is 0 Å². The van der Waals surface area contributed by atoms with Gasteiger partial charge in [0.1, 0.15) is 5.82 Å². The highest BCUT2D eigenvalue weighted by Crippen LogP contribution is 2.26. The van der Waals surface area contributed by atoms with Gasteiger partial charge in [-0.1, -0.05) is 47.5 Å². The Morgan fingerprint density at radius 1 is 1.17 bits per heavy atom. The van der Waals surface area contributed by atoms with Crippen LogP contribution in [0.1, 0.15) is 17.8 Å². The molecule has 0 aliphatic rings. The molecule has 0 aliphatic carbocycles. The third-order valence-electron chi connectivity index (χ3n) is 3.88. The number of aromatic amines is 1. The summed E-state index contributed by atoms with van der Waals surface area (Å²) in [5.41, 5.74) is 2.74. The lowest BCUT2D eigenvalue weighted by Crippen LogP contribution is -2.26. The normalized spacial score (nSPS) is 11.0. The van der Waals surface area contributed by atoms with Crippen molar-refractivity contribution >= 4 is 40.1 Å². The number of hydrogen-bond donors (Lipinski definition) is 1. The summed E-state index contributed by atoms with van der Waals surface area (Å²) in [5.74, 6) is 0.852. The van der Waals surface area contributed by atoms with Gasteiger partial charge in [-0.05, 0) is 23.8 Å². The van der Waals surface area contributed by atoms with E-state index < -0.39 is 0 Å². The molecule has 3 rings (SSSR count). The minimum Gasteiger partial charge on any atom is -0.342 e. The third-order valence-corrected chi connectivity index (χ3v) is 4.74. The van der Waals surface area contributed by atoms with Gasteiger partial charge >= 0.3 is 0 Å². The molecule has 1 amide bonds. The molecule has 0 aliphatic heterocycles. The number of carbonyl (C=O) groups excluding carboxylic acids is 1. The Balaban J connectivity index is 1.60. The van der Waals surface area contributed by atoms with Gasteiger partial charge in [0, 0.05) is 26.4 Å². The largest absolute Gasteiger partial charge is 0.342 e. The van der Waals surface area contributed by atoms with Gasteiger partial charge in [0.25, 0.3) is 0 Å². The van der Waals surface area contributed by atoms with E-state index in [2.05, 4.69) is 9.97 Å². The number of aromatic nitrogens is 2. The number of nitrogens with one attached hydrogen (secondary N) is 1. The molecule has 0 saturated carbocycles. The maximum Gasteiger partial charge on any atom is 0.223 e. The number of rotatable bonds is 5. The second-order valence-corrected chi connectivity index (χ2v) is 6.45. The number of H-pyrrole nitrogens is 1. The summed E-state index contributed by atoms with van der Waals surface area (Å²) in [7, 11) is 1.76. The van der Waals surface area contributed by atoms with Crippen molar-refractivity contribution < 1.29 is 4.79 Å². The Morgan fingerprint density at radius 3 is 2.75 bits per heavy atom. The SMILES string of the molecule is CN(Cc1cccc(Cl)c1Cl)C(=O)CCc1nc2ccccc2[nH]1. The minimum atomic E-state index is 0.0338. The Bertz CT molecular complexity index is 843. The zero-order valence-corrected chi connectivity index (χ0v) is 14.7.